The second-order valence-corrected chi connectivity index (χ2v) is 5.91. The van der Waals surface area contributed by atoms with Crippen LogP contribution in [0.4, 0.5) is 0 Å². The fourth-order valence-corrected chi connectivity index (χ4v) is 3.20. The number of thiophene rings is 1. The molecule has 2 aromatic heterocycles. The molecule has 0 bridgehead atoms. The average Bonchev–Trinajstić information content (AvgIpc) is 3.03. The lowest BCUT2D eigenvalue weighted by Crippen LogP contribution is -2.10. The molecule has 0 saturated heterocycles. The molecule has 0 saturated carbocycles. The number of carbonyl (C=O) groups excluding carboxylic acids is 1. The van der Waals surface area contributed by atoms with Crippen LogP contribution in [0.5, 0.6) is 5.75 Å². The first-order chi connectivity index (χ1) is 10.1. The van der Waals surface area contributed by atoms with Crippen molar-refractivity contribution in [1.82, 2.24) is 10.2 Å². The van der Waals surface area contributed by atoms with Crippen LogP contribution in [0.25, 0.3) is 10.1 Å². The molecule has 0 aliphatic rings. The Hall–Kier alpha value is -2.18. The molecule has 2 heterocycles. The number of ether oxygens (including phenoxy) is 1. The topological polar surface area (TPSA) is 75.2 Å². The lowest BCUT2D eigenvalue weighted by atomic mass is 10.2. The Morgan fingerprint density at radius 2 is 2.24 bits per heavy atom. The second kappa shape index (κ2) is 5.31. The Kier molecular flexibility index (Phi) is 3.48. The lowest BCUT2D eigenvalue weighted by Gasteiger charge is -2.05. The second-order valence-electron chi connectivity index (χ2n) is 4.74. The van der Waals surface area contributed by atoms with Crippen LogP contribution in [0.2, 0.25) is 0 Å². The molecule has 0 aliphatic carbocycles. The van der Waals surface area contributed by atoms with Crippen molar-refractivity contribution in [2.75, 3.05) is 0 Å². The van der Waals surface area contributed by atoms with E-state index in [4.69, 9.17) is 4.74 Å². The van der Waals surface area contributed by atoms with Crippen molar-refractivity contribution in [3.8, 4) is 5.75 Å². The Balaban J connectivity index is 1.98. The maximum atomic E-state index is 12.3. The molecule has 108 valence electrons. The van der Waals surface area contributed by atoms with Crippen LogP contribution < -0.4 is 4.74 Å². The number of aliphatic hydroxyl groups is 1. The molecule has 6 heteroatoms. The number of carbonyl (C=O) groups is 1. The van der Waals surface area contributed by atoms with Gasteiger partial charge in [-0.15, -0.1) is 11.3 Å². The number of aromatic amines is 1. The monoisotopic (exact) mass is 302 g/mol. The molecule has 0 unspecified atom stereocenters. The Morgan fingerprint density at radius 3 is 2.90 bits per heavy atom. The van der Waals surface area contributed by atoms with E-state index in [1.165, 1.54) is 11.3 Å². The van der Waals surface area contributed by atoms with E-state index in [2.05, 4.69) is 10.2 Å². The number of nitrogens with zero attached hydrogens (tertiary/aromatic N) is 1. The van der Waals surface area contributed by atoms with Crippen LogP contribution in [-0.2, 0) is 6.61 Å². The van der Waals surface area contributed by atoms with E-state index < -0.39 is 5.97 Å². The third-order valence-electron chi connectivity index (χ3n) is 3.26. The van der Waals surface area contributed by atoms with Gasteiger partial charge in [0.1, 0.15) is 11.3 Å². The van der Waals surface area contributed by atoms with Crippen molar-refractivity contribution in [3.05, 3.63) is 46.1 Å². The molecule has 0 amide bonds. The summed E-state index contributed by atoms with van der Waals surface area (Å²) in [4.78, 5) is 13.1. The molecule has 0 atom stereocenters. The fourth-order valence-electron chi connectivity index (χ4n) is 2.26. The van der Waals surface area contributed by atoms with Gasteiger partial charge in [-0.05, 0) is 32.0 Å². The summed E-state index contributed by atoms with van der Waals surface area (Å²) < 4.78 is 6.49. The van der Waals surface area contributed by atoms with Gasteiger partial charge in [0.15, 0.2) is 0 Å². The van der Waals surface area contributed by atoms with Crippen molar-refractivity contribution in [1.29, 1.82) is 0 Å². The first kappa shape index (κ1) is 13.8. The van der Waals surface area contributed by atoms with Crippen molar-refractivity contribution < 1.29 is 14.6 Å². The molecule has 5 nitrogen and oxygen atoms in total. The minimum Gasteiger partial charge on any atom is -0.422 e. The minimum atomic E-state index is -0.428. The predicted molar refractivity (Wildman–Crippen MR) is 80.8 cm³/mol. The van der Waals surface area contributed by atoms with Crippen LogP contribution in [0.3, 0.4) is 0 Å². The van der Waals surface area contributed by atoms with Gasteiger partial charge in [0, 0.05) is 20.7 Å². The van der Waals surface area contributed by atoms with Gasteiger partial charge >= 0.3 is 5.97 Å². The molecular weight excluding hydrogens is 288 g/mol. The van der Waals surface area contributed by atoms with Gasteiger partial charge in [0.25, 0.3) is 0 Å². The van der Waals surface area contributed by atoms with E-state index in [9.17, 15) is 9.90 Å². The average molecular weight is 302 g/mol. The number of H-pyrrole nitrogens is 1. The van der Waals surface area contributed by atoms with Crippen molar-refractivity contribution in [2.24, 2.45) is 0 Å². The quantitative estimate of drug-likeness (QED) is 0.576. The number of benzene rings is 1. The third kappa shape index (κ3) is 2.43. The van der Waals surface area contributed by atoms with Gasteiger partial charge in [0.2, 0.25) is 0 Å². The smallest absolute Gasteiger partial charge is 0.347 e. The summed E-state index contributed by atoms with van der Waals surface area (Å²) >= 11 is 1.48. The van der Waals surface area contributed by atoms with Crippen LogP contribution in [-0.4, -0.2) is 21.3 Å². The van der Waals surface area contributed by atoms with E-state index in [1.807, 2.05) is 18.2 Å². The molecule has 21 heavy (non-hydrogen) atoms. The lowest BCUT2D eigenvalue weighted by molar-refractivity contribution is 0.0735. The van der Waals surface area contributed by atoms with E-state index in [0.29, 0.717) is 22.7 Å². The molecule has 1 aromatic carbocycles. The van der Waals surface area contributed by atoms with Gasteiger partial charge in [-0.1, -0.05) is 6.07 Å². The number of aliphatic hydroxyl groups excluding tert-OH is 1. The van der Waals surface area contributed by atoms with Gasteiger partial charge in [-0.25, -0.2) is 4.79 Å². The Labute approximate surface area is 125 Å². The summed E-state index contributed by atoms with van der Waals surface area (Å²) in [6, 6.07) is 7.36. The van der Waals surface area contributed by atoms with Gasteiger partial charge in [-0.2, -0.15) is 5.10 Å². The molecule has 0 fully saturated rings. The largest absolute Gasteiger partial charge is 0.422 e. The van der Waals surface area contributed by atoms with Crippen LogP contribution in [0.15, 0.2) is 24.3 Å². The standard InChI is InChI=1S/C15H14N2O3S/c1-8-14(9(2)17-16-8)15(19)20-12-4-3-5-13-11(12)6-10(7-18)21-13/h3-6,18H,7H2,1-2H3,(H,16,17). The number of rotatable bonds is 3. The maximum Gasteiger partial charge on any atom is 0.347 e. The van der Waals surface area contributed by atoms with E-state index in [-0.39, 0.29) is 6.61 Å². The molecule has 3 rings (SSSR count). The van der Waals surface area contributed by atoms with Crippen molar-refractivity contribution >= 4 is 27.4 Å². The first-order valence-electron chi connectivity index (χ1n) is 6.46. The number of hydrogen-bond acceptors (Lipinski definition) is 5. The molecule has 0 spiro atoms. The highest BCUT2D eigenvalue weighted by Gasteiger charge is 2.18. The summed E-state index contributed by atoms with van der Waals surface area (Å²) in [5.41, 5.74) is 1.77. The summed E-state index contributed by atoms with van der Waals surface area (Å²) in [7, 11) is 0. The van der Waals surface area contributed by atoms with E-state index in [0.717, 1.165) is 15.0 Å². The molecule has 0 aliphatic heterocycles. The summed E-state index contributed by atoms with van der Waals surface area (Å²) in [6.07, 6.45) is 0. The zero-order valence-corrected chi connectivity index (χ0v) is 12.5. The number of hydrogen-bond donors (Lipinski definition) is 2. The normalized spacial score (nSPS) is 11.0. The number of esters is 1. The van der Waals surface area contributed by atoms with Crippen molar-refractivity contribution in [3.63, 3.8) is 0 Å². The highest BCUT2D eigenvalue weighted by molar-refractivity contribution is 7.19. The number of fused-ring (bicyclic) bond motifs is 1. The van der Waals surface area contributed by atoms with E-state index in [1.54, 1.807) is 19.9 Å². The van der Waals surface area contributed by atoms with Crippen molar-refractivity contribution in [2.45, 2.75) is 20.5 Å². The zero-order chi connectivity index (χ0) is 15.0. The zero-order valence-electron chi connectivity index (χ0n) is 11.6. The SMILES string of the molecule is Cc1n[nH]c(C)c1C(=O)Oc1cccc2sc(CO)cc12. The maximum absolute atomic E-state index is 12.3. The highest BCUT2D eigenvalue weighted by atomic mass is 32.1. The van der Waals surface area contributed by atoms with Crippen LogP contribution in [0, 0.1) is 13.8 Å². The van der Waals surface area contributed by atoms with Crippen LogP contribution in [0.1, 0.15) is 26.6 Å². The molecular formula is C15H14N2O3S. The minimum absolute atomic E-state index is 0.0212. The third-order valence-corrected chi connectivity index (χ3v) is 4.35. The summed E-state index contributed by atoms with van der Waals surface area (Å²) in [5, 5.41) is 16.8. The first-order valence-corrected chi connectivity index (χ1v) is 7.28. The van der Waals surface area contributed by atoms with Gasteiger partial charge < -0.3 is 9.84 Å². The number of nitrogens with one attached hydrogen (secondary N) is 1. The Bertz CT molecular complexity index is 800. The molecule has 0 radical (unpaired) electrons. The molecule has 3 aromatic rings. The van der Waals surface area contributed by atoms with Crippen LogP contribution >= 0.6 is 11.3 Å². The van der Waals surface area contributed by atoms with E-state index >= 15 is 0 Å². The van der Waals surface area contributed by atoms with Gasteiger partial charge in [0.05, 0.1) is 12.3 Å². The summed E-state index contributed by atoms with van der Waals surface area (Å²) in [5.74, 6) is 0.0662. The Morgan fingerprint density at radius 1 is 1.43 bits per heavy atom. The number of aryl methyl sites for hydroxylation is 2. The highest BCUT2D eigenvalue weighted by Crippen LogP contribution is 2.33. The molecule has 2 N–H and O–H groups in total. The number of aromatic nitrogens is 2. The fraction of sp³-hybridized carbons (Fsp3) is 0.200. The van der Waals surface area contributed by atoms with Gasteiger partial charge in [-0.3, -0.25) is 5.10 Å². The predicted octanol–water partition coefficient (Wildman–Crippen LogP) is 2.95. The summed E-state index contributed by atoms with van der Waals surface area (Å²) in [6.45, 7) is 3.52.